The van der Waals surface area contributed by atoms with Crippen LogP contribution in [0.2, 0.25) is 0 Å². The van der Waals surface area contributed by atoms with Gasteiger partial charge in [0, 0.05) is 0 Å². The topological polar surface area (TPSA) is 63.6 Å². The van der Waals surface area contributed by atoms with Gasteiger partial charge in [0.25, 0.3) is 0 Å². The van der Waals surface area contributed by atoms with Gasteiger partial charge in [0.15, 0.2) is 0 Å². The molecule has 2 rings (SSSR count). The highest BCUT2D eigenvalue weighted by Crippen LogP contribution is 2.55. The summed E-state index contributed by atoms with van der Waals surface area (Å²) in [5.41, 5.74) is 2.37. The fraction of sp³-hybridized carbons (Fsp3) is 0.789. The van der Waals surface area contributed by atoms with Crippen molar-refractivity contribution in [1.29, 1.82) is 0 Å². The molecular weight excluding hydrogens is 292 g/mol. The number of carboxylic acid groups (broad SMARTS) is 1. The largest absolute Gasteiger partial charge is 0.481 e. The van der Waals surface area contributed by atoms with Crippen LogP contribution in [0, 0.1) is 23.7 Å². The van der Waals surface area contributed by atoms with E-state index in [-0.39, 0.29) is 23.9 Å². The number of rotatable bonds is 8. The summed E-state index contributed by atoms with van der Waals surface area (Å²) in [5, 5.41) is 9.59. The Bertz CT molecular complexity index is 494. The number of esters is 1. The van der Waals surface area contributed by atoms with E-state index in [0.717, 1.165) is 38.5 Å². The molecule has 2 aliphatic carbocycles. The molecule has 0 aromatic heterocycles. The summed E-state index contributed by atoms with van der Waals surface area (Å²) in [6.07, 6.45) is 5.72. The van der Waals surface area contributed by atoms with Gasteiger partial charge in [0.2, 0.25) is 0 Å². The van der Waals surface area contributed by atoms with Gasteiger partial charge in [-0.05, 0) is 51.4 Å². The first-order chi connectivity index (χ1) is 10.9. The third-order valence-corrected chi connectivity index (χ3v) is 5.92. The molecule has 0 amide bonds. The van der Waals surface area contributed by atoms with E-state index in [9.17, 15) is 14.7 Å². The monoisotopic (exact) mass is 322 g/mol. The number of carboxylic acids is 1. The van der Waals surface area contributed by atoms with Crippen molar-refractivity contribution in [3.63, 3.8) is 0 Å². The van der Waals surface area contributed by atoms with Crippen LogP contribution in [0.3, 0.4) is 0 Å². The van der Waals surface area contributed by atoms with E-state index in [1.807, 2.05) is 20.8 Å². The molecule has 0 heterocycles. The van der Waals surface area contributed by atoms with Crippen LogP contribution in [0.1, 0.15) is 66.2 Å². The first-order valence-corrected chi connectivity index (χ1v) is 9.02. The van der Waals surface area contributed by atoms with Crippen LogP contribution in [0.25, 0.3) is 0 Å². The standard InChI is InChI=1S/C19H30O4/c1-5-7-8-9-13(6-2)23-19(22)17-15-10-14(11(3)12(15)4)16(17)18(20)21/h13-17H,5-10H2,1-4H3,(H,20,21). The summed E-state index contributed by atoms with van der Waals surface area (Å²) in [5.74, 6) is -2.19. The molecule has 5 atom stereocenters. The molecule has 1 fully saturated rings. The van der Waals surface area contributed by atoms with E-state index in [1.165, 1.54) is 11.1 Å². The van der Waals surface area contributed by atoms with E-state index in [2.05, 4.69) is 6.92 Å². The van der Waals surface area contributed by atoms with Crippen LogP contribution in [0.5, 0.6) is 0 Å². The highest BCUT2D eigenvalue weighted by Gasteiger charge is 2.56. The second-order valence-electron chi connectivity index (χ2n) is 7.17. The van der Waals surface area contributed by atoms with Crippen LogP contribution in [0.15, 0.2) is 11.1 Å². The fourth-order valence-electron chi connectivity index (χ4n) is 4.39. The molecule has 0 aliphatic heterocycles. The van der Waals surface area contributed by atoms with Crippen LogP contribution in [-0.4, -0.2) is 23.1 Å². The molecule has 1 N–H and O–H groups in total. The molecular formula is C19H30O4. The van der Waals surface area contributed by atoms with Gasteiger partial charge in [-0.15, -0.1) is 0 Å². The molecule has 0 aromatic rings. The Balaban J connectivity index is 2.07. The molecule has 130 valence electrons. The molecule has 2 aliphatic rings. The minimum Gasteiger partial charge on any atom is -0.481 e. The summed E-state index contributed by atoms with van der Waals surface area (Å²) in [4.78, 5) is 24.4. The van der Waals surface area contributed by atoms with Crippen LogP contribution in [0.4, 0.5) is 0 Å². The van der Waals surface area contributed by atoms with Gasteiger partial charge < -0.3 is 9.84 Å². The highest BCUT2D eigenvalue weighted by atomic mass is 16.5. The van der Waals surface area contributed by atoms with Gasteiger partial charge in [-0.2, -0.15) is 0 Å². The van der Waals surface area contributed by atoms with Gasteiger partial charge >= 0.3 is 11.9 Å². The highest BCUT2D eigenvalue weighted by molar-refractivity contribution is 5.84. The summed E-state index contributed by atoms with van der Waals surface area (Å²) in [7, 11) is 0. The molecule has 5 unspecified atom stereocenters. The van der Waals surface area contributed by atoms with Crippen LogP contribution in [-0.2, 0) is 14.3 Å². The number of allylic oxidation sites excluding steroid dienone is 2. The van der Waals surface area contributed by atoms with Crippen molar-refractivity contribution in [2.45, 2.75) is 72.3 Å². The van der Waals surface area contributed by atoms with Gasteiger partial charge in [-0.25, -0.2) is 0 Å². The molecule has 4 heteroatoms. The molecule has 2 bridgehead atoms. The zero-order chi connectivity index (χ0) is 17.1. The maximum absolute atomic E-state index is 12.7. The Morgan fingerprint density at radius 1 is 1.13 bits per heavy atom. The number of hydrogen-bond donors (Lipinski definition) is 1. The normalized spacial score (nSPS) is 30.6. The molecule has 0 radical (unpaired) electrons. The van der Waals surface area contributed by atoms with E-state index >= 15 is 0 Å². The molecule has 1 saturated carbocycles. The number of fused-ring (bicyclic) bond motifs is 2. The van der Waals surface area contributed by atoms with Crippen molar-refractivity contribution in [2.24, 2.45) is 23.7 Å². The quantitative estimate of drug-likeness (QED) is 0.413. The Hall–Kier alpha value is -1.32. The second kappa shape index (κ2) is 7.50. The predicted octanol–water partition coefficient (Wildman–Crippen LogP) is 4.19. The molecule has 0 saturated heterocycles. The van der Waals surface area contributed by atoms with Crippen molar-refractivity contribution in [3.05, 3.63) is 11.1 Å². The lowest BCUT2D eigenvalue weighted by molar-refractivity contribution is -0.163. The van der Waals surface area contributed by atoms with Gasteiger partial charge in [0.05, 0.1) is 11.8 Å². The van der Waals surface area contributed by atoms with E-state index < -0.39 is 17.8 Å². The third kappa shape index (κ3) is 3.46. The van der Waals surface area contributed by atoms with Gasteiger partial charge in [0.1, 0.15) is 6.10 Å². The molecule has 0 spiro atoms. The van der Waals surface area contributed by atoms with Gasteiger partial charge in [-0.1, -0.05) is 37.8 Å². The fourth-order valence-corrected chi connectivity index (χ4v) is 4.39. The minimum absolute atomic E-state index is 0.00946. The van der Waals surface area contributed by atoms with Crippen molar-refractivity contribution in [1.82, 2.24) is 0 Å². The lowest BCUT2D eigenvalue weighted by Crippen LogP contribution is -2.37. The van der Waals surface area contributed by atoms with E-state index in [1.54, 1.807) is 0 Å². The molecule has 0 aromatic carbocycles. The SMILES string of the molecule is CCCCCC(CC)OC(=O)C1C2CC(C(C)=C2C)C1C(=O)O. The first kappa shape index (κ1) is 18.0. The number of unbranched alkanes of at least 4 members (excludes halogenated alkanes) is 2. The lowest BCUT2D eigenvalue weighted by atomic mass is 9.76. The predicted molar refractivity (Wildman–Crippen MR) is 88.9 cm³/mol. The van der Waals surface area contributed by atoms with E-state index in [0.29, 0.717) is 0 Å². The zero-order valence-corrected chi connectivity index (χ0v) is 14.8. The van der Waals surface area contributed by atoms with Crippen molar-refractivity contribution < 1.29 is 19.4 Å². The number of hydrogen-bond acceptors (Lipinski definition) is 3. The first-order valence-electron chi connectivity index (χ1n) is 9.02. The summed E-state index contributed by atoms with van der Waals surface area (Å²) >= 11 is 0. The Morgan fingerprint density at radius 3 is 2.26 bits per heavy atom. The number of carbonyl (C=O) groups is 2. The molecule has 4 nitrogen and oxygen atoms in total. The minimum atomic E-state index is -0.856. The van der Waals surface area contributed by atoms with Gasteiger partial charge in [-0.3, -0.25) is 9.59 Å². The second-order valence-corrected chi connectivity index (χ2v) is 7.17. The number of carbonyl (C=O) groups excluding carboxylic acids is 1. The Labute approximate surface area is 139 Å². The molecule has 23 heavy (non-hydrogen) atoms. The zero-order valence-electron chi connectivity index (χ0n) is 14.8. The Kier molecular flexibility index (Phi) is 5.88. The maximum atomic E-state index is 12.7. The van der Waals surface area contributed by atoms with Crippen molar-refractivity contribution in [2.75, 3.05) is 0 Å². The van der Waals surface area contributed by atoms with Crippen molar-refractivity contribution >= 4 is 11.9 Å². The average Bonchev–Trinajstić information content (AvgIpc) is 3.04. The average molecular weight is 322 g/mol. The number of aliphatic carboxylic acids is 1. The maximum Gasteiger partial charge on any atom is 0.310 e. The summed E-state index contributed by atoms with van der Waals surface area (Å²) < 4.78 is 5.72. The summed E-state index contributed by atoms with van der Waals surface area (Å²) in [6.45, 7) is 8.22. The van der Waals surface area contributed by atoms with Crippen LogP contribution < -0.4 is 0 Å². The van der Waals surface area contributed by atoms with E-state index in [4.69, 9.17) is 4.74 Å². The van der Waals surface area contributed by atoms with Crippen LogP contribution >= 0.6 is 0 Å². The Morgan fingerprint density at radius 2 is 1.74 bits per heavy atom. The number of ether oxygens (including phenoxy) is 1. The third-order valence-electron chi connectivity index (χ3n) is 5.92. The smallest absolute Gasteiger partial charge is 0.310 e. The lowest BCUT2D eigenvalue weighted by Gasteiger charge is -2.29. The van der Waals surface area contributed by atoms with Crippen molar-refractivity contribution in [3.8, 4) is 0 Å². The summed E-state index contributed by atoms with van der Waals surface area (Å²) in [6, 6.07) is 0.